The lowest BCUT2D eigenvalue weighted by Crippen LogP contribution is -2.22. The lowest BCUT2D eigenvalue weighted by atomic mass is 10.0. The number of aryl methyl sites for hydroxylation is 3. The van der Waals surface area contributed by atoms with E-state index in [4.69, 9.17) is 16.6 Å². The standard InChI is InChI=1S/C23H22ClN5O3S/c1-10-8-14(11(2)25-16-6-7-17(24)27-20(16)23(31)32)19-15(9-10)22(30)29(5)21(28-19)18-12(3)33-13(4)26-18/h6-9,11,25H,1-5H3,(H,31,32)/t11-/m1/s1. The molecule has 4 aromatic rings. The number of hydrogen-bond acceptors (Lipinski definition) is 7. The van der Waals surface area contributed by atoms with Crippen molar-refractivity contribution in [1.29, 1.82) is 0 Å². The minimum atomic E-state index is -1.19. The minimum absolute atomic E-state index is 0.0929. The average molecular weight is 484 g/mol. The average Bonchev–Trinajstić information content (AvgIpc) is 3.09. The fourth-order valence-corrected chi connectivity index (χ4v) is 4.82. The quantitative estimate of drug-likeness (QED) is 0.388. The highest BCUT2D eigenvalue weighted by atomic mass is 35.5. The van der Waals surface area contributed by atoms with Crippen LogP contribution in [-0.2, 0) is 7.05 Å². The molecule has 8 nitrogen and oxygen atoms in total. The van der Waals surface area contributed by atoms with Gasteiger partial charge in [0.15, 0.2) is 11.5 Å². The maximum Gasteiger partial charge on any atom is 0.356 e. The van der Waals surface area contributed by atoms with Gasteiger partial charge in [-0.3, -0.25) is 9.36 Å². The zero-order valence-electron chi connectivity index (χ0n) is 18.7. The Morgan fingerprint density at radius 3 is 2.55 bits per heavy atom. The number of aromatic nitrogens is 4. The zero-order valence-corrected chi connectivity index (χ0v) is 20.3. The molecule has 0 saturated carbocycles. The number of hydrogen-bond donors (Lipinski definition) is 2. The van der Waals surface area contributed by atoms with Crippen molar-refractivity contribution in [3.8, 4) is 11.5 Å². The number of halogens is 1. The number of pyridine rings is 1. The third-order valence-corrected chi connectivity index (χ3v) is 6.47. The molecule has 0 unspecified atom stereocenters. The second-order valence-corrected chi connectivity index (χ2v) is 9.68. The third-order valence-electron chi connectivity index (χ3n) is 5.37. The third kappa shape index (κ3) is 4.21. The second kappa shape index (κ2) is 8.57. The van der Waals surface area contributed by atoms with Gasteiger partial charge in [0.2, 0.25) is 0 Å². The van der Waals surface area contributed by atoms with Crippen LogP contribution in [0.3, 0.4) is 0 Å². The van der Waals surface area contributed by atoms with Gasteiger partial charge in [-0.25, -0.2) is 19.7 Å². The van der Waals surface area contributed by atoms with Gasteiger partial charge in [-0.05, 0) is 51.5 Å². The molecule has 3 aromatic heterocycles. The molecule has 0 radical (unpaired) electrons. The molecule has 1 aromatic carbocycles. The highest BCUT2D eigenvalue weighted by molar-refractivity contribution is 7.11. The van der Waals surface area contributed by atoms with E-state index in [9.17, 15) is 14.7 Å². The van der Waals surface area contributed by atoms with Gasteiger partial charge < -0.3 is 10.4 Å². The van der Waals surface area contributed by atoms with Gasteiger partial charge in [0.1, 0.15) is 10.8 Å². The molecule has 0 bridgehead atoms. The predicted molar refractivity (Wildman–Crippen MR) is 131 cm³/mol. The second-order valence-electron chi connectivity index (χ2n) is 7.89. The summed E-state index contributed by atoms with van der Waals surface area (Å²) < 4.78 is 1.52. The number of nitrogens with one attached hydrogen (secondary N) is 1. The number of rotatable bonds is 5. The summed E-state index contributed by atoms with van der Waals surface area (Å²) in [5, 5.41) is 14.2. The van der Waals surface area contributed by atoms with Gasteiger partial charge in [-0.2, -0.15) is 0 Å². The van der Waals surface area contributed by atoms with Crippen molar-refractivity contribution < 1.29 is 9.90 Å². The van der Waals surface area contributed by atoms with E-state index < -0.39 is 5.97 Å². The smallest absolute Gasteiger partial charge is 0.356 e. The van der Waals surface area contributed by atoms with Gasteiger partial charge in [-0.1, -0.05) is 17.7 Å². The van der Waals surface area contributed by atoms with E-state index in [2.05, 4.69) is 15.3 Å². The molecule has 2 N–H and O–H groups in total. The molecule has 0 aliphatic carbocycles. The molecule has 3 heterocycles. The van der Waals surface area contributed by atoms with E-state index in [1.54, 1.807) is 24.5 Å². The molecule has 1 atom stereocenters. The molecule has 0 fully saturated rings. The van der Waals surface area contributed by atoms with Crippen LogP contribution >= 0.6 is 22.9 Å². The van der Waals surface area contributed by atoms with E-state index in [1.165, 1.54) is 10.6 Å². The van der Waals surface area contributed by atoms with Crippen LogP contribution in [0.15, 0.2) is 29.1 Å². The summed E-state index contributed by atoms with van der Waals surface area (Å²) in [5.41, 5.74) is 2.86. The Morgan fingerprint density at radius 1 is 1.18 bits per heavy atom. The molecule has 0 aliphatic heterocycles. The van der Waals surface area contributed by atoms with Crippen LogP contribution in [0.4, 0.5) is 5.69 Å². The summed E-state index contributed by atoms with van der Waals surface area (Å²) >= 11 is 7.43. The monoisotopic (exact) mass is 483 g/mol. The van der Waals surface area contributed by atoms with Crippen LogP contribution in [0.1, 0.15) is 44.5 Å². The Kier molecular flexibility index (Phi) is 5.94. The Morgan fingerprint density at radius 2 is 1.91 bits per heavy atom. The number of anilines is 1. The number of thiazole rings is 1. The predicted octanol–water partition coefficient (Wildman–Crippen LogP) is 4.90. The van der Waals surface area contributed by atoms with Crippen LogP contribution in [0, 0.1) is 20.8 Å². The summed E-state index contributed by atoms with van der Waals surface area (Å²) in [6.45, 7) is 7.66. The van der Waals surface area contributed by atoms with Crippen LogP contribution in [0.2, 0.25) is 5.15 Å². The molecule has 10 heteroatoms. The molecule has 0 amide bonds. The molecule has 170 valence electrons. The Labute approximate surface area is 198 Å². The van der Waals surface area contributed by atoms with E-state index in [0.717, 1.165) is 21.0 Å². The Balaban J connectivity index is 1.90. The topological polar surface area (TPSA) is 110 Å². The summed E-state index contributed by atoms with van der Waals surface area (Å²) in [6, 6.07) is 6.48. The SMILES string of the molecule is Cc1cc([C@@H](C)Nc2ccc(Cl)nc2C(=O)O)c2nc(-c3nc(C)sc3C)n(C)c(=O)c2c1. The summed E-state index contributed by atoms with van der Waals surface area (Å²) in [6.07, 6.45) is 0. The Hall–Kier alpha value is -3.30. The molecule has 33 heavy (non-hydrogen) atoms. The normalized spacial score (nSPS) is 12.2. The maximum atomic E-state index is 13.3. The molecule has 0 aliphatic rings. The van der Waals surface area contributed by atoms with Crippen LogP contribution < -0.4 is 10.9 Å². The largest absolute Gasteiger partial charge is 0.476 e. The van der Waals surface area contributed by atoms with Crippen molar-refractivity contribution in [2.45, 2.75) is 33.7 Å². The summed E-state index contributed by atoms with van der Waals surface area (Å²) in [7, 11) is 1.69. The van der Waals surface area contributed by atoms with Crippen molar-refractivity contribution in [3.63, 3.8) is 0 Å². The fraction of sp³-hybridized carbons (Fsp3) is 0.261. The molecule has 0 saturated heterocycles. The van der Waals surface area contributed by atoms with E-state index in [-0.39, 0.29) is 22.4 Å². The van der Waals surface area contributed by atoms with Gasteiger partial charge >= 0.3 is 5.97 Å². The summed E-state index contributed by atoms with van der Waals surface area (Å²) in [5.74, 6) is -0.698. The van der Waals surface area contributed by atoms with E-state index in [0.29, 0.717) is 28.1 Å². The van der Waals surface area contributed by atoms with Gasteiger partial charge in [-0.15, -0.1) is 11.3 Å². The first kappa shape index (κ1) is 22.9. The van der Waals surface area contributed by atoms with Gasteiger partial charge in [0.25, 0.3) is 5.56 Å². The first-order valence-corrected chi connectivity index (χ1v) is 11.4. The van der Waals surface area contributed by atoms with Crippen molar-refractivity contribution >= 4 is 45.5 Å². The van der Waals surface area contributed by atoms with Gasteiger partial charge in [0.05, 0.1) is 27.6 Å². The lowest BCUT2D eigenvalue weighted by Gasteiger charge is -2.20. The number of benzene rings is 1. The van der Waals surface area contributed by atoms with Crippen LogP contribution in [0.25, 0.3) is 22.4 Å². The lowest BCUT2D eigenvalue weighted by molar-refractivity contribution is 0.0691. The maximum absolute atomic E-state index is 13.3. The van der Waals surface area contributed by atoms with Crippen molar-refractivity contribution in [3.05, 3.63) is 66.5 Å². The summed E-state index contributed by atoms with van der Waals surface area (Å²) in [4.78, 5) is 39.3. The van der Waals surface area contributed by atoms with E-state index >= 15 is 0 Å². The van der Waals surface area contributed by atoms with Crippen LogP contribution in [-0.4, -0.2) is 30.6 Å². The number of fused-ring (bicyclic) bond motifs is 1. The number of carboxylic acids is 1. The Bertz CT molecular complexity index is 1480. The van der Waals surface area contributed by atoms with E-state index in [1.807, 2.05) is 39.8 Å². The molecular weight excluding hydrogens is 462 g/mol. The number of aromatic carboxylic acids is 1. The van der Waals surface area contributed by atoms with Crippen molar-refractivity contribution in [2.24, 2.45) is 7.05 Å². The fourth-order valence-electron chi connectivity index (χ4n) is 3.86. The number of nitrogens with zero attached hydrogens (tertiary/aromatic N) is 4. The number of carboxylic acid groups (broad SMARTS) is 1. The molecular formula is C23H22ClN5O3S. The first-order chi connectivity index (χ1) is 15.6. The van der Waals surface area contributed by atoms with Crippen molar-refractivity contribution in [1.82, 2.24) is 19.5 Å². The molecule has 0 spiro atoms. The van der Waals surface area contributed by atoms with Crippen LogP contribution in [0.5, 0.6) is 0 Å². The zero-order chi connectivity index (χ0) is 24.0. The van der Waals surface area contributed by atoms with Crippen molar-refractivity contribution in [2.75, 3.05) is 5.32 Å². The highest BCUT2D eigenvalue weighted by Gasteiger charge is 2.21. The van der Waals surface area contributed by atoms with Gasteiger partial charge in [0, 0.05) is 17.5 Å². The highest BCUT2D eigenvalue weighted by Crippen LogP contribution is 2.31. The molecule has 4 rings (SSSR count). The first-order valence-electron chi connectivity index (χ1n) is 10.2. The minimum Gasteiger partial charge on any atom is -0.476 e. The number of carbonyl (C=O) groups is 1.